The summed E-state index contributed by atoms with van der Waals surface area (Å²) in [7, 11) is 0. The third-order valence-corrected chi connectivity index (χ3v) is 3.09. The number of aromatic hydroxyl groups is 1. The van der Waals surface area contributed by atoms with E-state index in [1.807, 2.05) is 22.6 Å². The molecule has 0 atom stereocenters. The first kappa shape index (κ1) is 10.7. The second-order valence-electron chi connectivity index (χ2n) is 3.37. The topological polar surface area (TPSA) is 58.6 Å². The minimum absolute atomic E-state index is 0.110. The molecule has 15 heavy (non-hydrogen) atoms. The molecule has 0 saturated carbocycles. The van der Waals surface area contributed by atoms with Gasteiger partial charge in [-0.15, -0.1) is 0 Å². The maximum absolute atomic E-state index is 11.6. The Kier molecular flexibility index (Phi) is 3.11. The van der Waals surface area contributed by atoms with Crippen molar-refractivity contribution < 1.29 is 14.6 Å². The van der Waals surface area contributed by atoms with Crippen LogP contribution in [0.1, 0.15) is 10.4 Å². The molecule has 4 nitrogen and oxygen atoms in total. The summed E-state index contributed by atoms with van der Waals surface area (Å²) >= 11 is 2.01. The van der Waals surface area contributed by atoms with Gasteiger partial charge in [0.1, 0.15) is 5.75 Å². The average Bonchev–Trinajstić information content (AvgIpc) is 2.15. The van der Waals surface area contributed by atoms with Gasteiger partial charge in [-0.1, -0.05) is 0 Å². The molecule has 80 valence electrons. The van der Waals surface area contributed by atoms with Crippen molar-refractivity contribution in [3.8, 4) is 5.75 Å². The highest BCUT2D eigenvalue weighted by atomic mass is 127. The number of phenolic OH excluding ortho intramolecular Hbond substituents is 1. The summed E-state index contributed by atoms with van der Waals surface area (Å²) in [6.07, 6.45) is 0. The van der Waals surface area contributed by atoms with Gasteiger partial charge in [-0.25, -0.2) is 0 Å². The number of carbonyl (C=O) groups is 1. The molecule has 1 amide bonds. The number of amides is 1. The predicted molar refractivity (Wildman–Crippen MR) is 62.9 cm³/mol. The van der Waals surface area contributed by atoms with Gasteiger partial charge in [-0.05, 0) is 40.8 Å². The number of hydrogen-bond acceptors (Lipinski definition) is 3. The molecule has 0 aliphatic carbocycles. The van der Waals surface area contributed by atoms with Gasteiger partial charge < -0.3 is 15.2 Å². The number of hydrogen-bond donors (Lipinski definition) is 2. The van der Waals surface area contributed by atoms with E-state index in [1.165, 1.54) is 6.07 Å². The SMILES string of the molecule is O=C(NC1COC1)c1ccc(I)c(O)c1. The van der Waals surface area contributed by atoms with E-state index in [4.69, 9.17) is 4.74 Å². The minimum atomic E-state index is -0.171. The lowest BCUT2D eigenvalue weighted by Gasteiger charge is -2.26. The lowest BCUT2D eigenvalue weighted by Crippen LogP contribution is -2.48. The van der Waals surface area contributed by atoms with Crippen LogP contribution < -0.4 is 5.32 Å². The first-order chi connectivity index (χ1) is 7.16. The third kappa shape index (κ3) is 2.40. The number of carbonyl (C=O) groups excluding carboxylic acids is 1. The van der Waals surface area contributed by atoms with Crippen LogP contribution in [0.4, 0.5) is 0 Å². The molecule has 0 spiro atoms. The van der Waals surface area contributed by atoms with Gasteiger partial charge in [-0.3, -0.25) is 4.79 Å². The molecule has 5 heteroatoms. The predicted octanol–water partition coefficient (Wildman–Crippen LogP) is 1.13. The Labute approximate surface area is 101 Å². The fourth-order valence-electron chi connectivity index (χ4n) is 1.24. The average molecular weight is 319 g/mol. The van der Waals surface area contributed by atoms with Crippen LogP contribution in [0.25, 0.3) is 0 Å². The molecule has 1 aromatic rings. The lowest BCUT2D eigenvalue weighted by molar-refractivity contribution is -0.00346. The molecule has 1 heterocycles. The molecule has 2 N–H and O–H groups in total. The maximum Gasteiger partial charge on any atom is 0.251 e. The smallest absolute Gasteiger partial charge is 0.251 e. The van der Waals surface area contributed by atoms with Crippen LogP contribution in [-0.2, 0) is 4.74 Å². The number of benzene rings is 1. The summed E-state index contributed by atoms with van der Waals surface area (Å²) in [4.78, 5) is 11.6. The highest BCUT2D eigenvalue weighted by Gasteiger charge is 2.21. The molecule has 0 bridgehead atoms. The Hall–Kier alpha value is -0.820. The zero-order valence-electron chi connectivity index (χ0n) is 7.87. The quantitative estimate of drug-likeness (QED) is 0.804. The van der Waals surface area contributed by atoms with E-state index in [2.05, 4.69) is 5.32 Å². The molecule has 1 fully saturated rings. The fourth-order valence-corrected chi connectivity index (χ4v) is 1.58. The summed E-state index contributed by atoms with van der Waals surface area (Å²) in [6, 6.07) is 4.98. The summed E-state index contributed by atoms with van der Waals surface area (Å²) in [5, 5.41) is 12.2. The van der Waals surface area contributed by atoms with E-state index in [9.17, 15) is 9.90 Å². The van der Waals surface area contributed by atoms with Crippen molar-refractivity contribution in [3.63, 3.8) is 0 Å². The Bertz CT molecular complexity index is 390. The molecule has 1 aliphatic heterocycles. The van der Waals surface area contributed by atoms with Crippen LogP contribution in [0.2, 0.25) is 0 Å². The Morgan fingerprint density at radius 3 is 2.80 bits per heavy atom. The summed E-state index contributed by atoms with van der Waals surface area (Å²) in [5.41, 5.74) is 0.472. The molecule has 0 unspecified atom stereocenters. The van der Waals surface area contributed by atoms with Crippen LogP contribution in [-0.4, -0.2) is 30.3 Å². The van der Waals surface area contributed by atoms with Crippen molar-refractivity contribution in [2.75, 3.05) is 13.2 Å². The zero-order chi connectivity index (χ0) is 10.8. The Morgan fingerprint density at radius 1 is 1.53 bits per heavy atom. The van der Waals surface area contributed by atoms with Crippen LogP contribution in [0.3, 0.4) is 0 Å². The van der Waals surface area contributed by atoms with Crippen LogP contribution in [0.15, 0.2) is 18.2 Å². The second kappa shape index (κ2) is 4.36. The molecule has 2 rings (SSSR count). The molecule has 1 aromatic carbocycles. The van der Waals surface area contributed by atoms with Crippen LogP contribution in [0, 0.1) is 3.57 Å². The van der Waals surface area contributed by atoms with Crippen molar-refractivity contribution in [1.82, 2.24) is 5.32 Å². The second-order valence-corrected chi connectivity index (χ2v) is 4.54. The molecule has 0 aromatic heterocycles. The van der Waals surface area contributed by atoms with Gasteiger partial charge >= 0.3 is 0 Å². The van der Waals surface area contributed by atoms with Crippen LogP contribution >= 0.6 is 22.6 Å². The normalized spacial score (nSPS) is 15.8. The van der Waals surface area contributed by atoms with Gasteiger partial charge in [0.15, 0.2) is 0 Å². The molecule has 1 aliphatic rings. The Balaban J connectivity index is 2.07. The number of rotatable bonds is 2. The summed E-state index contributed by atoms with van der Waals surface area (Å²) < 4.78 is 5.68. The highest BCUT2D eigenvalue weighted by Crippen LogP contribution is 2.20. The number of phenols is 1. The van der Waals surface area contributed by atoms with Gasteiger partial charge in [0.2, 0.25) is 0 Å². The number of ether oxygens (including phenoxy) is 1. The van der Waals surface area contributed by atoms with E-state index in [1.54, 1.807) is 12.1 Å². The molecule has 0 radical (unpaired) electrons. The van der Waals surface area contributed by atoms with Crippen molar-refractivity contribution in [2.24, 2.45) is 0 Å². The highest BCUT2D eigenvalue weighted by molar-refractivity contribution is 14.1. The molecular weight excluding hydrogens is 309 g/mol. The van der Waals surface area contributed by atoms with E-state index in [-0.39, 0.29) is 17.7 Å². The molecular formula is C10H10INO3. The maximum atomic E-state index is 11.6. The fraction of sp³-hybridized carbons (Fsp3) is 0.300. The van der Waals surface area contributed by atoms with Crippen LogP contribution in [0.5, 0.6) is 5.75 Å². The zero-order valence-corrected chi connectivity index (χ0v) is 10.0. The summed E-state index contributed by atoms with van der Waals surface area (Å²) in [6.45, 7) is 1.14. The lowest BCUT2D eigenvalue weighted by atomic mass is 10.1. The monoisotopic (exact) mass is 319 g/mol. The van der Waals surface area contributed by atoms with E-state index < -0.39 is 0 Å². The third-order valence-electron chi connectivity index (χ3n) is 2.18. The van der Waals surface area contributed by atoms with E-state index in [0.29, 0.717) is 18.8 Å². The molecule has 1 saturated heterocycles. The largest absolute Gasteiger partial charge is 0.507 e. The van der Waals surface area contributed by atoms with Gasteiger partial charge in [-0.2, -0.15) is 0 Å². The van der Waals surface area contributed by atoms with Gasteiger partial charge in [0.25, 0.3) is 5.91 Å². The van der Waals surface area contributed by atoms with Crippen molar-refractivity contribution in [1.29, 1.82) is 0 Å². The standard InChI is InChI=1S/C10H10INO3/c11-8-2-1-6(3-9(8)13)10(14)12-7-4-15-5-7/h1-3,7,13H,4-5H2,(H,12,14). The van der Waals surface area contributed by atoms with E-state index in [0.717, 1.165) is 3.57 Å². The van der Waals surface area contributed by atoms with Crippen molar-refractivity contribution >= 4 is 28.5 Å². The minimum Gasteiger partial charge on any atom is -0.507 e. The van der Waals surface area contributed by atoms with Gasteiger partial charge in [0, 0.05) is 5.56 Å². The van der Waals surface area contributed by atoms with E-state index >= 15 is 0 Å². The van der Waals surface area contributed by atoms with Gasteiger partial charge in [0.05, 0.1) is 22.8 Å². The first-order valence-electron chi connectivity index (χ1n) is 4.54. The number of halogens is 1. The first-order valence-corrected chi connectivity index (χ1v) is 5.62. The number of nitrogens with one attached hydrogen (secondary N) is 1. The Morgan fingerprint density at radius 2 is 2.27 bits per heavy atom. The van der Waals surface area contributed by atoms with Crippen molar-refractivity contribution in [2.45, 2.75) is 6.04 Å². The van der Waals surface area contributed by atoms with Crippen molar-refractivity contribution in [3.05, 3.63) is 27.3 Å². The summed E-state index contributed by atoms with van der Waals surface area (Å²) in [5.74, 6) is -0.0388.